The Bertz CT molecular complexity index is 1390. The van der Waals surface area contributed by atoms with Gasteiger partial charge in [0.1, 0.15) is 0 Å². The summed E-state index contributed by atoms with van der Waals surface area (Å²) in [5, 5.41) is 0.831. The van der Waals surface area contributed by atoms with E-state index in [1.165, 1.54) is 9.54 Å². The fourth-order valence-corrected chi connectivity index (χ4v) is 6.29. The van der Waals surface area contributed by atoms with Crippen LogP contribution in [0.4, 0.5) is 5.69 Å². The van der Waals surface area contributed by atoms with E-state index >= 15 is 0 Å². The second-order valence-electron chi connectivity index (χ2n) is 8.31. The summed E-state index contributed by atoms with van der Waals surface area (Å²) in [7, 11) is -3.72. The summed E-state index contributed by atoms with van der Waals surface area (Å²) >= 11 is 2.18. The van der Waals surface area contributed by atoms with Crippen molar-refractivity contribution in [3.8, 4) is 0 Å². The maximum Gasteiger partial charge on any atom is 0.269 e. The first-order valence-electron chi connectivity index (χ1n) is 10.8. The Morgan fingerprint density at radius 1 is 1.12 bits per heavy atom. The van der Waals surface area contributed by atoms with E-state index in [-0.39, 0.29) is 11.0 Å². The largest absolute Gasteiger partial charge is 0.372 e. The van der Waals surface area contributed by atoms with Crippen molar-refractivity contribution < 1.29 is 13.2 Å². The van der Waals surface area contributed by atoms with E-state index in [9.17, 15) is 8.42 Å². The highest BCUT2D eigenvalue weighted by atomic mass is 127. The standard InChI is InChI=1S/C25H24IN3O3S/c1-18-7-9-22(10-8-18)33(30,31)29-16-24(26)23-13-20(14-27-25(23)29)28-12-11-21(15-28)32-17-19-5-3-2-4-6-19/h2-10,13-14,16,21H,11-12,15,17H2,1H3. The van der Waals surface area contributed by atoms with Crippen LogP contribution in [-0.2, 0) is 21.4 Å². The van der Waals surface area contributed by atoms with Gasteiger partial charge in [-0.3, -0.25) is 0 Å². The lowest BCUT2D eigenvalue weighted by molar-refractivity contribution is 0.0553. The maximum atomic E-state index is 13.2. The highest BCUT2D eigenvalue weighted by Crippen LogP contribution is 2.30. The predicted octanol–water partition coefficient (Wildman–Crippen LogP) is 4.98. The molecule has 0 amide bonds. The molecule has 0 spiro atoms. The van der Waals surface area contributed by atoms with E-state index in [1.54, 1.807) is 36.7 Å². The van der Waals surface area contributed by atoms with Gasteiger partial charge in [0.2, 0.25) is 0 Å². The molecule has 1 saturated heterocycles. The number of anilines is 1. The molecule has 8 heteroatoms. The molecule has 3 heterocycles. The van der Waals surface area contributed by atoms with E-state index in [1.807, 2.05) is 31.2 Å². The average molecular weight is 573 g/mol. The van der Waals surface area contributed by atoms with E-state index in [2.05, 4.69) is 44.6 Å². The summed E-state index contributed by atoms with van der Waals surface area (Å²) in [5.74, 6) is 0. The van der Waals surface area contributed by atoms with Crippen molar-refractivity contribution in [3.63, 3.8) is 0 Å². The van der Waals surface area contributed by atoms with Gasteiger partial charge in [0.25, 0.3) is 10.0 Å². The number of ether oxygens (including phenoxy) is 1. The molecule has 170 valence electrons. The van der Waals surface area contributed by atoms with Gasteiger partial charge in [-0.15, -0.1) is 0 Å². The van der Waals surface area contributed by atoms with Crippen LogP contribution in [0, 0.1) is 10.5 Å². The van der Waals surface area contributed by atoms with Crippen LogP contribution in [0.15, 0.2) is 78.0 Å². The van der Waals surface area contributed by atoms with Crippen LogP contribution in [0.2, 0.25) is 0 Å². The van der Waals surface area contributed by atoms with Gasteiger partial charge in [-0.2, -0.15) is 0 Å². The maximum absolute atomic E-state index is 13.2. The van der Waals surface area contributed by atoms with Crippen molar-refractivity contribution in [2.24, 2.45) is 0 Å². The van der Waals surface area contributed by atoms with Gasteiger partial charge in [-0.25, -0.2) is 17.4 Å². The number of aryl methyl sites for hydroxylation is 1. The van der Waals surface area contributed by atoms with Crippen molar-refractivity contribution in [1.29, 1.82) is 0 Å². The topological polar surface area (TPSA) is 64.4 Å². The number of halogens is 1. The summed E-state index contributed by atoms with van der Waals surface area (Å²) in [4.78, 5) is 7.08. The number of fused-ring (bicyclic) bond motifs is 1. The molecule has 0 N–H and O–H groups in total. The summed E-state index contributed by atoms with van der Waals surface area (Å²) in [6.07, 6.45) is 4.52. The van der Waals surface area contributed by atoms with Crippen LogP contribution in [-0.4, -0.2) is 36.6 Å². The lowest BCUT2D eigenvalue weighted by atomic mass is 10.2. The van der Waals surface area contributed by atoms with E-state index in [4.69, 9.17) is 4.74 Å². The van der Waals surface area contributed by atoms with Crippen LogP contribution in [0.1, 0.15) is 17.5 Å². The van der Waals surface area contributed by atoms with Crippen molar-refractivity contribution in [2.45, 2.75) is 31.0 Å². The van der Waals surface area contributed by atoms with Gasteiger partial charge in [0.15, 0.2) is 5.65 Å². The second-order valence-corrected chi connectivity index (χ2v) is 11.3. The molecule has 1 aliphatic heterocycles. The zero-order valence-corrected chi connectivity index (χ0v) is 21.2. The van der Waals surface area contributed by atoms with Crippen molar-refractivity contribution in [2.75, 3.05) is 18.0 Å². The third-order valence-electron chi connectivity index (χ3n) is 5.97. The van der Waals surface area contributed by atoms with Gasteiger partial charge in [-0.05, 0) is 59.7 Å². The molecule has 2 aromatic carbocycles. The molecule has 1 atom stereocenters. The highest BCUT2D eigenvalue weighted by Gasteiger charge is 2.26. The zero-order valence-electron chi connectivity index (χ0n) is 18.2. The van der Waals surface area contributed by atoms with E-state index < -0.39 is 10.0 Å². The van der Waals surface area contributed by atoms with Crippen LogP contribution < -0.4 is 4.90 Å². The third-order valence-corrected chi connectivity index (χ3v) is 8.49. The smallest absolute Gasteiger partial charge is 0.269 e. The minimum atomic E-state index is -3.72. The third kappa shape index (κ3) is 4.51. The fraction of sp³-hybridized carbons (Fsp3) is 0.240. The van der Waals surface area contributed by atoms with Crippen LogP contribution in [0.5, 0.6) is 0 Å². The van der Waals surface area contributed by atoms with Crippen molar-refractivity contribution in [3.05, 3.63) is 87.8 Å². The van der Waals surface area contributed by atoms with E-state index in [0.717, 1.165) is 39.7 Å². The number of benzene rings is 2. The first kappa shape index (κ1) is 22.4. The minimum Gasteiger partial charge on any atom is -0.372 e. The number of hydrogen-bond donors (Lipinski definition) is 0. The summed E-state index contributed by atoms with van der Waals surface area (Å²) in [5.41, 5.74) is 3.61. The fourth-order valence-electron chi connectivity index (χ4n) is 4.10. The summed E-state index contributed by atoms with van der Waals surface area (Å²) < 4.78 is 34.7. The molecule has 1 aliphatic rings. The molecule has 33 heavy (non-hydrogen) atoms. The predicted molar refractivity (Wildman–Crippen MR) is 138 cm³/mol. The summed E-state index contributed by atoms with van der Waals surface area (Å²) in [6.45, 7) is 4.21. The Hall–Kier alpha value is -2.43. The molecule has 1 unspecified atom stereocenters. The molecular formula is C25H24IN3O3S. The lowest BCUT2D eigenvalue weighted by Gasteiger charge is -2.19. The number of rotatable bonds is 6. The number of hydrogen-bond acceptors (Lipinski definition) is 5. The molecule has 0 bridgehead atoms. The minimum absolute atomic E-state index is 0.159. The van der Waals surface area contributed by atoms with Gasteiger partial charge < -0.3 is 9.64 Å². The Labute approximate surface area is 207 Å². The van der Waals surface area contributed by atoms with Gasteiger partial charge in [0, 0.05) is 28.2 Å². The summed E-state index contributed by atoms with van der Waals surface area (Å²) in [6, 6.07) is 19.1. The van der Waals surface area contributed by atoms with Gasteiger partial charge in [-0.1, -0.05) is 48.0 Å². The molecular weight excluding hydrogens is 549 g/mol. The number of aromatic nitrogens is 2. The lowest BCUT2D eigenvalue weighted by Crippen LogP contribution is -2.23. The zero-order chi connectivity index (χ0) is 23.0. The molecule has 0 aliphatic carbocycles. The molecule has 1 fully saturated rings. The quantitative estimate of drug-likeness (QED) is 0.305. The molecule has 0 radical (unpaired) electrons. The van der Waals surface area contributed by atoms with Gasteiger partial charge in [0.05, 0.1) is 29.5 Å². The number of pyridine rings is 1. The average Bonchev–Trinajstić information content (AvgIpc) is 3.43. The molecule has 4 aromatic rings. The SMILES string of the molecule is Cc1ccc(S(=O)(=O)n2cc(I)c3cc(N4CCC(OCc5ccccc5)C4)cnc32)cc1. The first-order valence-corrected chi connectivity index (χ1v) is 13.3. The highest BCUT2D eigenvalue weighted by molar-refractivity contribution is 14.1. The van der Waals surface area contributed by atoms with Crippen molar-refractivity contribution in [1.82, 2.24) is 8.96 Å². The first-order chi connectivity index (χ1) is 15.9. The van der Waals surface area contributed by atoms with Gasteiger partial charge >= 0.3 is 0 Å². The van der Waals surface area contributed by atoms with E-state index in [0.29, 0.717) is 12.3 Å². The molecule has 2 aromatic heterocycles. The Morgan fingerprint density at radius 2 is 1.88 bits per heavy atom. The van der Waals surface area contributed by atoms with Crippen LogP contribution in [0.25, 0.3) is 11.0 Å². The van der Waals surface area contributed by atoms with Crippen LogP contribution >= 0.6 is 22.6 Å². The Balaban J connectivity index is 1.36. The van der Waals surface area contributed by atoms with Crippen molar-refractivity contribution >= 4 is 49.3 Å². The normalized spacial score (nSPS) is 16.5. The van der Waals surface area contributed by atoms with Crippen LogP contribution in [0.3, 0.4) is 0 Å². The number of nitrogens with zero attached hydrogens (tertiary/aromatic N) is 3. The molecule has 5 rings (SSSR count). The Morgan fingerprint density at radius 3 is 2.64 bits per heavy atom. The second kappa shape index (κ2) is 9.08. The molecule has 0 saturated carbocycles. The Kier molecular flexibility index (Phi) is 6.15. The molecule has 6 nitrogen and oxygen atoms in total. The monoisotopic (exact) mass is 573 g/mol.